The van der Waals surface area contributed by atoms with Crippen LogP contribution in [0.4, 0.5) is 13.2 Å². The van der Waals surface area contributed by atoms with E-state index in [9.17, 15) is 21.6 Å². The van der Waals surface area contributed by atoms with Crippen LogP contribution in [0.15, 0.2) is 11.5 Å². The largest absolute Gasteiger partial charge is 0.523 e. The molecule has 0 aromatic heterocycles. The first kappa shape index (κ1) is 26.7. The average molecular weight is 468 g/mol. The first-order valence-corrected chi connectivity index (χ1v) is 12.2. The second kappa shape index (κ2) is 8.33. The van der Waals surface area contributed by atoms with Crippen LogP contribution in [-0.4, -0.2) is 38.4 Å². The van der Waals surface area contributed by atoms with Crippen LogP contribution in [0, 0.1) is 10.8 Å². The van der Waals surface area contributed by atoms with Gasteiger partial charge in [0.2, 0.25) is 0 Å². The van der Waals surface area contributed by atoms with Gasteiger partial charge >= 0.3 is 22.7 Å². The topological polar surface area (TPSA) is 61.8 Å². The molecule has 2 fully saturated rings. The quantitative estimate of drug-likeness (QED) is 0.298. The third kappa shape index (κ3) is 5.68. The van der Waals surface area contributed by atoms with E-state index in [0.29, 0.717) is 19.3 Å². The van der Waals surface area contributed by atoms with Crippen molar-refractivity contribution >= 4 is 17.2 Å². The number of hydrogen-bond acceptors (Lipinski definition) is 5. The summed E-state index contributed by atoms with van der Waals surface area (Å²) in [6.45, 7) is 16.4. The van der Waals surface area contributed by atoms with Crippen molar-refractivity contribution in [3.8, 4) is 0 Å². The highest BCUT2D eigenvalue weighted by Gasteiger charge is 2.55. The van der Waals surface area contributed by atoms with E-state index in [-0.39, 0.29) is 23.7 Å². The Morgan fingerprint density at radius 1 is 1.00 bits per heavy atom. The van der Waals surface area contributed by atoms with Gasteiger partial charge in [0.1, 0.15) is 0 Å². The summed E-state index contributed by atoms with van der Waals surface area (Å²) in [6, 6.07) is 0. The van der Waals surface area contributed by atoms with E-state index >= 15 is 0 Å². The molecule has 1 heterocycles. The summed E-state index contributed by atoms with van der Waals surface area (Å²) < 4.78 is 74.0. The van der Waals surface area contributed by atoms with Crippen LogP contribution in [0.1, 0.15) is 87.5 Å². The minimum absolute atomic E-state index is 0.150. The Kier molecular flexibility index (Phi) is 7.17. The number of hydrogen-bond donors (Lipinski definition) is 0. The Bertz CT molecular complexity index is 784. The summed E-state index contributed by atoms with van der Waals surface area (Å²) in [5.74, 6) is 0. The zero-order valence-electron chi connectivity index (χ0n) is 19.9. The SMILES string of the molecule is CC1(C)CCC=C1B1OC(C)(C)C(C)(C)O1.CC1(C)CCCC1OS(=O)(=O)C(F)(F)F. The Morgan fingerprint density at radius 2 is 1.52 bits per heavy atom. The molecule has 0 amide bonds. The summed E-state index contributed by atoms with van der Waals surface area (Å²) >= 11 is 0. The summed E-state index contributed by atoms with van der Waals surface area (Å²) in [6.07, 6.45) is 5.48. The molecule has 0 radical (unpaired) electrons. The Hall–Kier alpha value is -0.575. The third-order valence-electron chi connectivity index (χ3n) is 7.11. The molecule has 180 valence electrons. The molecule has 2 aliphatic carbocycles. The molecule has 0 aromatic rings. The van der Waals surface area contributed by atoms with Crippen molar-refractivity contribution in [2.75, 3.05) is 0 Å². The maximum Gasteiger partial charge on any atom is 0.523 e. The van der Waals surface area contributed by atoms with Crippen molar-refractivity contribution in [1.82, 2.24) is 0 Å². The van der Waals surface area contributed by atoms with E-state index < -0.39 is 27.1 Å². The molecule has 10 heteroatoms. The maximum atomic E-state index is 12.0. The summed E-state index contributed by atoms with van der Waals surface area (Å²) in [5.41, 5.74) is -4.74. The molecule has 3 rings (SSSR count). The lowest BCUT2D eigenvalue weighted by molar-refractivity contribution is -0.0607. The molecule has 1 unspecified atom stereocenters. The number of rotatable bonds is 3. The fourth-order valence-corrected chi connectivity index (χ4v) is 4.85. The zero-order valence-corrected chi connectivity index (χ0v) is 20.7. The first-order valence-electron chi connectivity index (χ1n) is 10.8. The molecule has 3 aliphatic rings. The second-order valence-electron chi connectivity index (χ2n) is 11.0. The number of halogens is 3. The predicted molar refractivity (Wildman–Crippen MR) is 115 cm³/mol. The van der Waals surface area contributed by atoms with E-state index in [4.69, 9.17) is 9.31 Å². The van der Waals surface area contributed by atoms with Crippen molar-refractivity contribution in [3.05, 3.63) is 11.5 Å². The van der Waals surface area contributed by atoms with E-state index in [1.54, 1.807) is 13.8 Å². The van der Waals surface area contributed by atoms with Gasteiger partial charge in [0, 0.05) is 0 Å². The molecular weight excluding hydrogens is 432 g/mol. The normalized spacial score (nSPS) is 28.8. The summed E-state index contributed by atoms with van der Waals surface area (Å²) in [7, 11) is -5.60. The lowest BCUT2D eigenvalue weighted by Gasteiger charge is -2.32. The van der Waals surface area contributed by atoms with E-state index in [1.807, 2.05) is 0 Å². The van der Waals surface area contributed by atoms with Crippen LogP contribution in [0.5, 0.6) is 0 Å². The minimum atomic E-state index is -5.45. The van der Waals surface area contributed by atoms with Crippen molar-refractivity contribution in [3.63, 3.8) is 0 Å². The molecule has 0 bridgehead atoms. The Labute approximate surface area is 185 Å². The second-order valence-corrected chi connectivity index (χ2v) is 12.6. The Morgan fingerprint density at radius 3 is 1.87 bits per heavy atom. The molecule has 1 atom stereocenters. The maximum absolute atomic E-state index is 12.0. The van der Waals surface area contributed by atoms with Crippen LogP contribution in [0.3, 0.4) is 0 Å². The molecule has 1 aliphatic heterocycles. The van der Waals surface area contributed by atoms with Crippen molar-refractivity contribution in [2.24, 2.45) is 10.8 Å². The summed E-state index contributed by atoms with van der Waals surface area (Å²) in [4.78, 5) is 0. The van der Waals surface area contributed by atoms with Gasteiger partial charge < -0.3 is 9.31 Å². The molecular formula is C21H36BF3O5S. The smallest absolute Gasteiger partial charge is 0.400 e. The molecule has 5 nitrogen and oxygen atoms in total. The Balaban J connectivity index is 0.000000221. The fourth-order valence-electron chi connectivity index (χ4n) is 4.08. The average Bonchev–Trinajstić information content (AvgIpc) is 3.12. The summed E-state index contributed by atoms with van der Waals surface area (Å²) in [5, 5.41) is 0. The highest BCUT2D eigenvalue weighted by molar-refractivity contribution is 7.87. The number of allylic oxidation sites excluding steroid dienone is 2. The highest BCUT2D eigenvalue weighted by Crippen LogP contribution is 2.46. The van der Waals surface area contributed by atoms with Crippen LogP contribution in [0.25, 0.3) is 0 Å². The van der Waals surface area contributed by atoms with Gasteiger partial charge in [0.05, 0.1) is 17.3 Å². The zero-order chi connectivity index (χ0) is 24.1. The standard InChI is InChI=1S/C13H23BO2.C8H13F3O3S/c1-11(2)9-7-8-10(11)14-15-12(3,4)13(5,6)16-14;1-7(2)5-3-4-6(7)14-15(12,13)8(9,10)11/h8H,7,9H2,1-6H3;6H,3-5H2,1-2H3. The van der Waals surface area contributed by atoms with Crippen LogP contribution >= 0.6 is 0 Å². The third-order valence-corrected chi connectivity index (χ3v) is 8.16. The molecule has 0 spiro atoms. The monoisotopic (exact) mass is 468 g/mol. The fraction of sp³-hybridized carbons (Fsp3) is 0.905. The molecule has 1 saturated carbocycles. The first-order chi connectivity index (χ1) is 13.7. The molecule has 1 saturated heterocycles. The lowest BCUT2D eigenvalue weighted by Crippen LogP contribution is -2.41. The van der Waals surface area contributed by atoms with Gasteiger partial charge in [-0.3, -0.25) is 4.18 Å². The van der Waals surface area contributed by atoms with Gasteiger partial charge in [-0.25, -0.2) is 0 Å². The van der Waals surface area contributed by atoms with Gasteiger partial charge in [-0.15, -0.1) is 0 Å². The van der Waals surface area contributed by atoms with Gasteiger partial charge in [-0.1, -0.05) is 40.2 Å². The van der Waals surface area contributed by atoms with Crippen LogP contribution in [-0.2, 0) is 23.6 Å². The van der Waals surface area contributed by atoms with Crippen LogP contribution in [0.2, 0.25) is 0 Å². The van der Waals surface area contributed by atoms with Crippen molar-refractivity contribution in [2.45, 2.75) is 110 Å². The molecule has 31 heavy (non-hydrogen) atoms. The molecule has 0 aromatic carbocycles. The van der Waals surface area contributed by atoms with Gasteiger partial charge in [0.15, 0.2) is 0 Å². The highest BCUT2D eigenvalue weighted by atomic mass is 32.2. The number of alkyl halides is 3. The van der Waals surface area contributed by atoms with Crippen molar-refractivity contribution < 1.29 is 35.1 Å². The van der Waals surface area contributed by atoms with Crippen molar-refractivity contribution in [1.29, 1.82) is 0 Å². The van der Waals surface area contributed by atoms with Gasteiger partial charge in [-0.2, -0.15) is 21.6 Å². The van der Waals surface area contributed by atoms with E-state index in [0.717, 1.165) is 6.42 Å². The van der Waals surface area contributed by atoms with E-state index in [1.165, 1.54) is 11.9 Å². The van der Waals surface area contributed by atoms with Crippen LogP contribution < -0.4 is 0 Å². The lowest BCUT2D eigenvalue weighted by atomic mass is 9.65. The van der Waals surface area contributed by atoms with Gasteiger partial charge in [-0.05, 0) is 69.7 Å². The minimum Gasteiger partial charge on any atom is -0.400 e. The predicted octanol–water partition coefficient (Wildman–Crippen LogP) is 5.80. The van der Waals surface area contributed by atoms with Gasteiger partial charge in [0.25, 0.3) is 0 Å². The van der Waals surface area contributed by atoms with E-state index in [2.05, 4.69) is 51.8 Å². The molecule has 0 N–H and O–H groups in total.